The summed E-state index contributed by atoms with van der Waals surface area (Å²) >= 11 is 0. The van der Waals surface area contributed by atoms with E-state index in [1.165, 1.54) is 17.0 Å². The highest BCUT2D eigenvalue weighted by molar-refractivity contribution is 5.78. The molecule has 1 aromatic rings. The van der Waals surface area contributed by atoms with Gasteiger partial charge < -0.3 is 10.6 Å². The molecular weight excluding hydrogens is 276 g/mol. The molecule has 2 rings (SSSR count). The van der Waals surface area contributed by atoms with Crippen molar-refractivity contribution in [1.82, 2.24) is 9.80 Å². The third-order valence-corrected chi connectivity index (χ3v) is 3.84. The summed E-state index contributed by atoms with van der Waals surface area (Å²) in [4.78, 5) is 15.7. The first-order valence-corrected chi connectivity index (χ1v) is 7.11. The summed E-state index contributed by atoms with van der Waals surface area (Å²) in [6, 6.07) is 3.62. The van der Waals surface area contributed by atoms with Gasteiger partial charge in [-0.2, -0.15) is 0 Å². The van der Waals surface area contributed by atoms with Crippen LogP contribution in [-0.4, -0.2) is 48.4 Å². The van der Waals surface area contributed by atoms with Crippen molar-refractivity contribution in [2.24, 2.45) is 5.73 Å². The summed E-state index contributed by atoms with van der Waals surface area (Å²) in [6.45, 7) is 2.07. The van der Waals surface area contributed by atoms with Crippen molar-refractivity contribution in [2.75, 3.05) is 26.7 Å². The fraction of sp³-hybridized carbons (Fsp3) is 0.533. The Morgan fingerprint density at radius 1 is 1.38 bits per heavy atom. The van der Waals surface area contributed by atoms with Gasteiger partial charge in [-0.15, -0.1) is 0 Å². The van der Waals surface area contributed by atoms with E-state index in [4.69, 9.17) is 5.73 Å². The SMILES string of the molecule is CN(Cc1ccc(F)cc1F)C(=O)CN1CCC(N)CC1. The number of piperidine rings is 1. The first-order chi connectivity index (χ1) is 9.95. The molecule has 1 fully saturated rings. The summed E-state index contributed by atoms with van der Waals surface area (Å²) in [5.74, 6) is -1.32. The number of benzene rings is 1. The summed E-state index contributed by atoms with van der Waals surface area (Å²) in [5, 5.41) is 0. The quantitative estimate of drug-likeness (QED) is 0.912. The Bertz CT molecular complexity index is 502. The number of hydrogen-bond donors (Lipinski definition) is 1. The number of carbonyl (C=O) groups excluding carboxylic acids is 1. The Kier molecular flexibility index (Phi) is 5.25. The smallest absolute Gasteiger partial charge is 0.236 e. The zero-order valence-corrected chi connectivity index (χ0v) is 12.2. The molecule has 1 aliphatic heterocycles. The van der Waals surface area contributed by atoms with E-state index in [1.807, 2.05) is 0 Å². The van der Waals surface area contributed by atoms with E-state index in [2.05, 4.69) is 4.90 Å². The lowest BCUT2D eigenvalue weighted by molar-refractivity contribution is -0.131. The van der Waals surface area contributed by atoms with E-state index in [1.54, 1.807) is 7.05 Å². The number of carbonyl (C=O) groups is 1. The highest BCUT2D eigenvalue weighted by Crippen LogP contribution is 2.13. The van der Waals surface area contributed by atoms with Gasteiger partial charge in [0.15, 0.2) is 0 Å². The zero-order chi connectivity index (χ0) is 15.4. The molecule has 21 heavy (non-hydrogen) atoms. The highest BCUT2D eigenvalue weighted by atomic mass is 19.1. The van der Waals surface area contributed by atoms with Crippen LogP contribution < -0.4 is 5.73 Å². The van der Waals surface area contributed by atoms with Gasteiger partial charge in [0.1, 0.15) is 11.6 Å². The van der Waals surface area contributed by atoms with Crippen LogP contribution in [0.5, 0.6) is 0 Å². The van der Waals surface area contributed by atoms with Crippen molar-refractivity contribution >= 4 is 5.91 Å². The Hall–Kier alpha value is -1.53. The lowest BCUT2D eigenvalue weighted by Crippen LogP contribution is -2.44. The minimum atomic E-state index is -0.626. The van der Waals surface area contributed by atoms with Gasteiger partial charge in [-0.25, -0.2) is 8.78 Å². The molecule has 116 valence electrons. The van der Waals surface area contributed by atoms with Crippen molar-refractivity contribution in [3.8, 4) is 0 Å². The normalized spacial score (nSPS) is 17.0. The lowest BCUT2D eigenvalue weighted by atomic mass is 10.1. The molecule has 1 aliphatic rings. The van der Waals surface area contributed by atoms with Gasteiger partial charge in [0.05, 0.1) is 6.54 Å². The van der Waals surface area contributed by atoms with E-state index >= 15 is 0 Å². The number of nitrogens with zero attached hydrogens (tertiary/aromatic N) is 2. The average Bonchev–Trinajstić information content (AvgIpc) is 2.44. The summed E-state index contributed by atoms with van der Waals surface area (Å²) in [7, 11) is 1.63. The van der Waals surface area contributed by atoms with Crippen LogP contribution in [0.3, 0.4) is 0 Å². The molecular formula is C15H21F2N3O. The number of likely N-dealkylation sites (tertiary alicyclic amines) is 1. The van der Waals surface area contributed by atoms with Gasteiger partial charge in [-0.05, 0) is 18.9 Å². The van der Waals surface area contributed by atoms with Gasteiger partial charge in [0.2, 0.25) is 5.91 Å². The van der Waals surface area contributed by atoms with Gasteiger partial charge in [-0.1, -0.05) is 6.07 Å². The van der Waals surface area contributed by atoms with Crippen molar-refractivity contribution in [3.63, 3.8) is 0 Å². The van der Waals surface area contributed by atoms with Crippen LogP contribution in [0.2, 0.25) is 0 Å². The molecule has 0 bridgehead atoms. The van der Waals surface area contributed by atoms with E-state index in [9.17, 15) is 13.6 Å². The monoisotopic (exact) mass is 297 g/mol. The third-order valence-electron chi connectivity index (χ3n) is 3.84. The Morgan fingerprint density at radius 2 is 2.05 bits per heavy atom. The molecule has 2 N–H and O–H groups in total. The molecule has 0 aromatic heterocycles. The molecule has 6 heteroatoms. The molecule has 1 aromatic carbocycles. The minimum Gasteiger partial charge on any atom is -0.340 e. The van der Waals surface area contributed by atoms with Gasteiger partial charge in [-0.3, -0.25) is 9.69 Å². The molecule has 0 unspecified atom stereocenters. The van der Waals surface area contributed by atoms with Gasteiger partial charge >= 0.3 is 0 Å². The predicted octanol–water partition coefficient (Wildman–Crippen LogP) is 1.35. The second-order valence-corrected chi connectivity index (χ2v) is 5.60. The molecule has 0 aliphatic carbocycles. The number of nitrogens with two attached hydrogens (primary N) is 1. The lowest BCUT2D eigenvalue weighted by Gasteiger charge is -2.30. The maximum atomic E-state index is 13.6. The number of rotatable bonds is 4. The van der Waals surface area contributed by atoms with E-state index in [0.717, 1.165) is 32.0 Å². The molecule has 0 saturated carbocycles. The fourth-order valence-electron chi connectivity index (χ4n) is 2.42. The van der Waals surface area contributed by atoms with Crippen LogP contribution in [0, 0.1) is 11.6 Å². The van der Waals surface area contributed by atoms with E-state index < -0.39 is 11.6 Å². The van der Waals surface area contributed by atoms with Crippen molar-refractivity contribution < 1.29 is 13.6 Å². The third kappa shape index (κ3) is 4.47. The number of amides is 1. The molecule has 0 spiro atoms. The largest absolute Gasteiger partial charge is 0.340 e. The summed E-state index contributed by atoms with van der Waals surface area (Å²) in [6.07, 6.45) is 1.78. The first-order valence-electron chi connectivity index (χ1n) is 7.11. The van der Waals surface area contributed by atoms with Crippen LogP contribution in [0.1, 0.15) is 18.4 Å². The Balaban J connectivity index is 1.87. The predicted molar refractivity (Wildman–Crippen MR) is 76.5 cm³/mol. The molecule has 0 radical (unpaired) electrons. The Labute approximate surface area is 123 Å². The van der Waals surface area contributed by atoms with Crippen LogP contribution in [0.25, 0.3) is 0 Å². The topological polar surface area (TPSA) is 49.6 Å². The maximum absolute atomic E-state index is 13.6. The van der Waals surface area contributed by atoms with E-state index in [0.29, 0.717) is 12.1 Å². The molecule has 0 atom stereocenters. The molecule has 1 amide bonds. The fourth-order valence-corrected chi connectivity index (χ4v) is 2.42. The summed E-state index contributed by atoms with van der Waals surface area (Å²) in [5.41, 5.74) is 6.14. The van der Waals surface area contributed by atoms with Crippen LogP contribution in [0.15, 0.2) is 18.2 Å². The number of hydrogen-bond acceptors (Lipinski definition) is 3. The maximum Gasteiger partial charge on any atom is 0.236 e. The average molecular weight is 297 g/mol. The number of halogens is 2. The van der Waals surface area contributed by atoms with E-state index in [-0.39, 0.29) is 18.5 Å². The van der Waals surface area contributed by atoms with Crippen LogP contribution in [-0.2, 0) is 11.3 Å². The standard InChI is InChI=1S/C15H21F2N3O/c1-19(9-11-2-3-12(16)8-14(11)17)15(21)10-20-6-4-13(18)5-7-20/h2-3,8,13H,4-7,9-10,18H2,1H3. The second-order valence-electron chi connectivity index (χ2n) is 5.60. The molecule has 4 nitrogen and oxygen atoms in total. The Morgan fingerprint density at radius 3 is 2.67 bits per heavy atom. The van der Waals surface area contributed by atoms with Crippen molar-refractivity contribution in [3.05, 3.63) is 35.4 Å². The van der Waals surface area contributed by atoms with Gasteiger partial charge in [0, 0.05) is 44.4 Å². The minimum absolute atomic E-state index is 0.0748. The first kappa shape index (κ1) is 15.9. The van der Waals surface area contributed by atoms with Gasteiger partial charge in [0.25, 0.3) is 0 Å². The van der Waals surface area contributed by atoms with Crippen molar-refractivity contribution in [2.45, 2.75) is 25.4 Å². The van der Waals surface area contributed by atoms with Crippen LogP contribution >= 0.6 is 0 Å². The second kappa shape index (κ2) is 6.95. The van der Waals surface area contributed by atoms with Crippen LogP contribution in [0.4, 0.5) is 8.78 Å². The van der Waals surface area contributed by atoms with Crippen molar-refractivity contribution in [1.29, 1.82) is 0 Å². The summed E-state index contributed by atoms with van der Waals surface area (Å²) < 4.78 is 26.4. The molecule has 1 heterocycles. The zero-order valence-electron chi connectivity index (χ0n) is 12.2. The molecule has 1 saturated heterocycles. The highest BCUT2D eigenvalue weighted by Gasteiger charge is 2.20. The number of likely N-dealkylation sites (N-methyl/N-ethyl adjacent to an activating group) is 1.